The van der Waals surface area contributed by atoms with Crippen LogP contribution in [-0.2, 0) is 6.61 Å². The van der Waals surface area contributed by atoms with Crippen LogP contribution in [0.1, 0.15) is 5.56 Å². The second-order valence-electron chi connectivity index (χ2n) is 6.21. The summed E-state index contributed by atoms with van der Waals surface area (Å²) in [5.41, 5.74) is 1.79. The number of hydrogen-bond acceptors (Lipinski definition) is 3. The van der Waals surface area contributed by atoms with Crippen molar-refractivity contribution in [2.75, 3.05) is 0 Å². The summed E-state index contributed by atoms with van der Waals surface area (Å²) >= 11 is 12.1. The van der Waals surface area contributed by atoms with Gasteiger partial charge in [-0.2, -0.15) is 0 Å². The zero-order valence-electron chi connectivity index (χ0n) is 14.5. The van der Waals surface area contributed by atoms with Crippen LogP contribution >= 0.6 is 23.2 Å². The summed E-state index contributed by atoms with van der Waals surface area (Å²) < 4.78 is 19.7. The van der Waals surface area contributed by atoms with Gasteiger partial charge in [0, 0.05) is 10.9 Å². The Labute approximate surface area is 170 Å². The van der Waals surface area contributed by atoms with Crippen LogP contribution in [0.5, 0.6) is 11.6 Å². The van der Waals surface area contributed by atoms with E-state index in [2.05, 4.69) is 4.98 Å². The molecule has 0 bridgehead atoms. The van der Waals surface area contributed by atoms with Gasteiger partial charge in [0.05, 0.1) is 15.4 Å². The lowest BCUT2D eigenvalue weighted by atomic mass is 10.1. The summed E-state index contributed by atoms with van der Waals surface area (Å²) in [5, 5.41) is 12.3. The van der Waals surface area contributed by atoms with Crippen molar-refractivity contribution in [3.63, 3.8) is 0 Å². The number of benzene rings is 3. The highest BCUT2D eigenvalue weighted by Crippen LogP contribution is 2.40. The Morgan fingerprint density at radius 1 is 0.893 bits per heavy atom. The Hall–Kier alpha value is -2.82. The molecule has 0 radical (unpaired) electrons. The monoisotopic (exact) mass is 413 g/mol. The fraction of sp³-hybridized carbons (Fsp3) is 0.0455. The highest BCUT2D eigenvalue weighted by atomic mass is 35.5. The largest absolute Gasteiger partial charge is 0.505 e. The molecule has 3 nitrogen and oxygen atoms in total. The van der Waals surface area contributed by atoms with Crippen LogP contribution in [0.2, 0.25) is 10.0 Å². The molecule has 1 aromatic heterocycles. The Balaban J connectivity index is 1.85. The third-order valence-electron chi connectivity index (χ3n) is 4.32. The molecule has 4 aromatic rings. The first-order chi connectivity index (χ1) is 13.5. The summed E-state index contributed by atoms with van der Waals surface area (Å²) in [6, 6.07) is 18.6. The molecule has 1 N–H and O–H groups in total. The van der Waals surface area contributed by atoms with Crippen molar-refractivity contribution < 1.29 is 14.2 Å². The zero-order chi connectivity index (χ0) is 19.7. The second kappa shape index (κ2) is 7.66. The first-order valence-electron chi connectivity index (χ1n) is 8.47. The molecule has 0 saturated carbocycles. The molecule has 0 aliphatic rings. The lowest BCUT2D eigenvalue weighted by Gasteiger charge is -2.14. The molecule has 6 heteroatoms. The molecular formula is C22H14Cl2FNO2. The van der Waals surface area contributed by atoms with E-state index in [9.17, 15) is 9.50 Å². The number of ether oxygens (including phenoxy) is 1. The Bertz CT molecular complexity index is 1170. The van der Waals surface area contributed by atoms with Gasteiger partial charge in [-0.05, 0) is 35.9 Å². The third kappa shape index (κ3) is 3.61. The number of hydrogen-bond donors (Lipinski definition) is 1. The van der Waals surface area contributed by atoms with Crippen LogP contribution < -0.4 is 4.74 Å². The zero-order valence-corrected chi connectivity index (χ0v) is 16.0. The maximum absolute atomic E-state index is 13.8. The molecule has 3 aromatic carbocycles. The van der Waals surface area contributed by atoms with Gasteiger partial charge < -0.3 is 9.84 Å². The van der Waals surface area contributed by atoms with E-state index in [0.29, 0.717) is 26.4 Å². The van der Waals surface area contributed by atoms with Crippen LogP contribution in [0, 0.1) is 5.82 Å². The van der Waals surface area contributed by atoms with Crippen LogP contribution in [0.15, 0.2) is 66.7 Å². The molecular weight excluding hydrogens is 400 g/mol. The van der Waals surface area contributed by atoms with Crippen molar-refractivity contribution in [3.8, 4) is 22.9 Å². The van der Waals surface area contributed by atoms with E-state index in [1.807, 2.05) is 30.3 Å². The molecule has 0 amide bonds. The summed E-state index contributed by atoms with van der Waals surface area (Å²) in [5.74, 6) is -0.307. The van der Waals surface area contributed by atoms with Crippen molar-refractivity contribution in [1.82, 2.24) is 4.98 Å². The molecule has 4 rings (SSSR count). The number of aromatic nitrogens is 1. The fourth-order valence-electron chi connectivity index (χ4n) is 2.92. The number of fused-ring (bicyclic) bond motifs is 1. The molecule has 0 fully saturated rings. The van der Waals surface area contributed by atoms with Crippen LogP contribution in [0.25, 0.3) is 22.0 Å². The van der Waals surface area contributed by atoms with Crippen molar-refractivity contribution in [3.05, 3.63) is 88.2 Å². The molecule has 28 heavy (non-hydrogen) atoms. The van der Waals surface area contributed by atoms with Gasteiger partial charge in [-0.3, -0.25) is 0 Å². The second-order valence-corrected chi connectivity index (χ2v) is 7.02. The maximum Gasteiger partial charge on any atom is 0.222 e. The van der Waals surface area contributed by atoms with Gasteiger partial charge in [0.15, 0.2) is 0 Å². The van der Waals surface area contributed by atoms with E-state index in [4.69, 9.17) is 27.9 Å². The number of nitrogens with zero attached hydrogens (tertiary/aromatic N) is 1. The van der Waals surface area contributed by atoms with Crippen LogP contribution in [-0.4, -0.2) is 10.1 Å². The van der Waals surface area contributed by atoms with E-state index in [0.717, 1.165) is 5.56 Å². The average molecular weight is 414 g/mol. The topological polar surface area (TPSA) is 42.4 Å². The lowest BCUT2D eigenvalue weighted by molar-refractivity contribution is 0.297. The van der Waals surface area contributed by atoms with Gasteiger partial charge in [0.25, 0.3) is 0 Å². The molecule has 140 valence electrons. The smallest absolute Gasteiger partial charge is 0.222 e. The minimum atomic E-state index is -0.444. The number of halogens is 3. The Kier molecular flexibility index (Phi) is 5.07. The standard InChI is InChI=1S/C22H14Cl2FNO2/c23-18-9-6-14(10-19(18)24)20-21(27)16-8-7-15(25)11-17(16)22(26-20)28-12-13-4-2-1-3-5-13/h1-11,27H,12H2. The molecule has 0 aliphatic carbocycles. The van der Waals surface area contributed by atoms with Gasteiger partial charge in [0.2, 0.25) is 5.88 Å². The molecule has 0 saturated heterocycles. The SMILES string of the molecule is Oc1c(-c2ccc(Cl)c(Cl)c2)nc(OCc2ccccc2)c2cc(F)ccc12. The Morgan fingerprint density at radius 2 is 1.68 bits per heavy atom. The third-order valence-corrected chi connectivity index (χ3v) is 5.06. The van der Waals surface area contributed by atoms with Crippen molar-refractivity contribution in [2.45, 2.75) is 6.61 Å². The number of pyridine rings is 1. The van der Waals surface area contributed by atoms with E-state index >= 15 is 0 Å². The molecule has 0 atom stereocenters. The van der Waals surface area contributed by atoms with Crippen molar-refractivity contribution in [1.29, 1.82) is 0 Å². The van der Waals surface area contributed by atoms with E-state index in [-0.39, 0.29) is 23.9 Å². The van der Waals surface area contributed by atoms with E-state index < -0.39 is 5.82 Å². The Morgan fingerprint density at radius 3 is 2.43 bits per heavy atom. The minimum Gasteiger partial charge on any atom is -0.505 e. The van der Waals surface area contributed by atoms with Gasteiger partial charge in [-0.25, -0.2) is 9.37 Å². The first kappa shape index (κ1) is 18.5. The van der Waals surface area contributed by atoms with E-state index in [1.165, 1.54) is 18.2 Å². The number of aromatic hydroxyl groups is 1. The summed E-state index contributed by atoms with van der Waals surface area (Å²) in [7, 11) is 0. The molecule has 1 heterocycles. The van der Waals surface area contributed by atoms with E-state index in [1.54, 1.807) is 18.2 Å². The first-order valence-corrected chi connectivity index (χ1v) is 9.23. The van der Waals surface area contributed by atoms with Gasteiger partial charge in [0.1, 0.15) is 23.9 Å². The lowest BCUT2D eigenvalue weighted by Crippen LogP contribution is -2.00. The predicted molar refractivity (Wildman–Crippen MR) is 110 cm³/mol. The highest BCUT2D eigenvalue weighted by molar-refractivity contribution is 6.42. The minimum absolute atomic E-state index is 0.0829. The summed E-state index contributed by atoms with van der Waals surface area (Å²) in [4.78, 5) is 4.46. The van der Waals surface area contributed by atoms with Gasteiger partial charge in [-0.1, -0.05) is 59.6 Å². The van der Waals surface area contributed by atoms with Crippen molar-refractivity contribution >= 4 is 34.0 Å². The highest BCUT2D eigenvalue weighted by Gasteiger charge is 2.17. The molecule has 0 spiro atoms. The maximum atomic E-state index is 13.8. The quantitative estimate of drug-likeness (QED) is 0.408. The molecule has 0 aliphatic heterocycles. The van der Waals surface area contributed by atoms with Crippen molar-refractivity contribution in [2.24, 2.45) is 0 Å². The molecule has 0 unspecified atom stereocenters. The fourth-order valence-corrected chi connectivity index (χ4v) is 3.22. The van der Waals surface area contributed by atoms with Crippen LogP contribution in [0.3, 0.4) is 0 Å². The summed E-state index contributed by atoms with van der Waals surface area (Å²) in [6.45, 7) is 0.255. The summed E-state index contributed by atoms with van der Waals surface area (Å²) in [6.07, 6.45) is 0. The van der Waals surface area contributed by atoms with Crippen LogP contribution in [0.4, 0.5) is 4.39 Å². The average Bonchev–Trinajstić information content (AvgIpc) is 2.70. The van der Waals surface area contributed by atoms with Gasteiger partial charge in [-0.15, -0.1) is 0 Å². The number of rotatable bonds is 4. The predicted octanol–water partition coefficient (Wildman–Crippen LogP) is 6.63. The van der Waals surface area contributed by atoms with Gasteiger partial charge >= 0.3 is 0 Å². The normalized spacial score (nSPS) is 11.0.